The molecule has 180 valence electrons. The summed E-state index contributed by atoms with van der Waals surface area (Å²) in [7, 11) is -3.20. The van der Waals surface area contributed by atoms with Crippen molar-refractivity contribution in [3.8, 4) is 5.69 Å². The second kappa shape index (κ2) is 9.60. The Labute approximate surface area is 199 Å². The molecule has 3 aromatic rings. The summed E-state index contributed by atoms with van der Waals surface area (Å²) in [6.07, 6.45) is 3.46. The minimum absolute atomic E-state index is 0.105. The van der Waals surface area contributed by atoms with E-state index in [1.807, 2.05) is 47.2 Å². The number of nitrogens with zero attached hydrogens (tertiary/aromatic N) is 2. The van der Waals surface area contributed by atoms with Gasteiger partial charge in [0.25, 0.3) is 5.91 Å². The first-order valence-corrected chi connectivity index (χ1v) is 13.1. The lowest BCUT2D eigenvalue weighted by atomic mass is 9.89. The number of nitrogens with two attached hydrogens (primary N) is 1. The number of hydrogen-bond acceptors (Lipinski definition) is 4. The van der Waals surface area contributed by atoms with Crippen molar-refractivity contribution < 1.29 is 18.0 Å². The van der Waals surface area contributed by atoms with Crippen LogP contribution in [0, 0.1) is 0 Å². The van der Waals surface area contributed by atoms with Crippen molar-refractivity contribution in [2.45, 2.75) is 39.2 Å². The zero-order valence-electron chi connectivity index (χ0n) is 19.5. The van der Waals surface area contributed by atoms with E-state index in [1.165, 1.54) is 6.92 Å². The lowest BCUT2D eigenvalue weighted by Gasteiger charge is -2.30. The molecule has 2 aromatic carbocycles. The van der Waals surface area contributed by atoms with Gasteiger partial charge in [0.2, 0.25) is 15.9 Å². The van der Waals surface area contributed by atoms with Crippen molar-refractivity contribution in [1.82, 2.24) is 14.2 Å². The third-order valence-electron chi connectivity index (χ3n) is 6.50. The van der Waals surface area contributed by atoms with Crippen LogP contribution in [0.4, 0.5) is 0 Å². The molecule has 0 unspecified atom stereocenters. The molecule has 0 radical (unpaired) electrons. The molecular weight excluding hydrogens is 452 g/mol. The minimum atomic E-state index is -3.20. The van der Waals surface area contributed by atoms with E-state index in [9.17, 15) is 18.0 Å². The highest BCUT2D eigenvalue weighted by molar-refractivity contribution is 7.89. The van der Waals surface area contributed by atoms with Gasteiger partial charge in [0.05, 0.1) is 16.8 Å². The van der Waals surface area contributed by atoms with Gasteiger partial charge in [-0.15, -0.1) is 0 Å². The molecule has 1 fully saturated rings. The highest BCUT2D eigenvalue weighted by Gasteiger charge is 2.29. The summed E-state index contributed by atoms with van der Waals surface area (Å²) >= 11 is 0. The van der Waals surface area contributed by atoms with Crippen LogP contribution in [0.15, 0.2) is 48.7 Å². The van der Waals surface area contributed by atoms with Gasteiger partial charge in [-0.1, -0.05) is 24.3 Å². The summed E-state index contributed by atoms with van der Waals surface area (Å²) in [6, 6.07) is 13.3. The summed E-state index contributed by atoms with van der Waals surface area (Å²) in [5.41, 5.74) is 9.79. The number of piperidine rings is 1. The summed E-state index contributed by atoms with van der Waals surface area (Å²) in [4.78, 5) is 23.6. The third kappa shape index (κ3) is 4.71. The van der Waals surface area contributed by atoms with E-state index in [2.05, 4.69) is 5.32 Å². The lowest BCUT2D eigenvalue weighted by molar-refractivity contribution is -0.119. The molecule has 1 aliphatic heterocycles. The summed E-state index contributed by atoms with van der Waals surface area (Å²) in [5.74, 6) is -0.340. The van der Waals surface area contributed by atoms with Crippen LogP contribution >= 0.6 is 0 Å². The molecule has 0 atom stereocenters. The van der Waals surface area contributed by atoms with Crippen LogP contribution in [0.25, 0.3) is 16.6 Å². The van der Waals surface area contributed by atoms with Gasteiger partial charge in [0, 0.05) is 43.8 Å². The fourth-order valence-electron chi connectivity index (χ4n) is 4.71. The topological polar surface area (TPSA) is 114 Å². The van der Waals surface area contributed by atoms with Gasteiger partial charge < -0.3 is 15.6 Å². The van der Waals surface area contributed by atoms with Crippen LogP contribution in [-0.4, -0.2) is 47.9 Å². The highest BCUT2D eigenvalue weighted by atomic mass is 32.2. The number of aromatic nitrogens is 1. The van der Waals surface area contributed by atoms with Crippen LogP contribution < -0.4 is 11.1 Å². The number of rotatable bonds is 7. The molecule has 0 aliphatic carbocycles. The maximum atomic E-state index is 12.3. The normalized spacial score (nSPS) is 15.5. The Morgan fingerprint density at radius 2 is 1.82 bits per heavy atom. The number of carbonyl (C=O) groups is 2. The van der Waals surface area contributed by atoms with E-state index in [4.69, 9.17) is 5.73 Å². The summed E-state index contributed by atoms with van der Waals surface area (Å²) in [6.45, 7) is 4.51. The van der Waals surface area contributed by atoms with Gasteiger partial charge in [-0.25, -0.2) is 12.7 Å². The average molecular weight is 483 g/mol. The van der Waals surface area contributed by atoms with Crippen molar-refractivity contribution in [2.75, 3.05) is 18.8 Å². The van der Waals surface area contributed by atoms with Crippen molar-refractivity contribution in [1.29, 1.82) is 0 Å². The first-order chi connectivity index (χ1) is 16.2. The number of primary amides is 1. The van der Waals surface area contributed by atoms with E-state index < -0.39 is 15.9 Å². The Bertz CT molecular complexity index is 1340. The quantitative estimate of drug-likeness (QED) is 0.539. The number of carbonyl (C=O) groups excluding carboxylic acids is 2. The Kier molecular flexibility index (Phi) is 6.77. The van der Waals surface area contributed by atoms with Gasteiger partial charge in [0.15, 0.2) is 0 Å². The van der Waals surface area contributed by atoms with Crippen LogP contribution in [-0.2, 0) is 21.4 Å². The Hall–Kier alpha value is -3.17. The van der Waals surface area contributed by atoms with Gasteiger partial charge in [-0.3, -0.25) is 9.59 Å². The molecule has 0 spiro atoms. The second-order valence-corrected chi connectivity index (χ2v) is 10.9. The standard InChI is InChI=1S/C25H30N4O4S/c1-3-34(32,33)28-12-10-19(11-13-28)23-16-29(24-21(23)8-5-9-22(24)25(26)31)20-7-4-6-18(14-20)15-27-17(2)30/h4-9,14,16,19H,3,10-13,15H2,1-2H3,(H2,26,31)(H,27,30). The number of nitrogens with one attached hydrogen (secondary N) is 1. The maximum Gasteiger partial charge on any atom is 0.250 e. The number of para-hydroxylation sites is 1. The first kappa shape index (κ1) is 24.0. The molecule has 34 heavy (non-hydrogen) atoms. The molecule has 3 N–H and O–H groups in total. The summed E-state index contributed by atoms with van der Waals surface area (Å²) < 4.78 is 28.1. The third-order valence-corrected chi connectivity index (χ3v) is 8.39. The van der Waals surface area contributed by atoms with Gasteiger partial charge in [-0.2, -0.15) is 0 Å². The summed E-state index contributed by atoms with van der Waals surface area (Å²) in [5, 5.41) is 3.75. The van der Waals surface area contributed by atoms with Crippen LogP contribution in [0.2, 0.25) is 0 Å². The molecule has 1 saturated heterocycles. The second-order valence-electron chi connectivity index (χ2n) is 8.67. The van der Waals surface area contributed by atoms with E-state index >= 15 is 0 Å². The molecule has 4 rings (SSSR count). The number of hydrogen-bond donors (Lipinski definition) is 2. The van der Waals surface area contributed by atoms with Crippen molar-refractivity contribution in [3.05, 3.63) is 65.4 Å². The van der Waals surface area contributed by atoms with Crippen LogP contribution in [0.1, 0.15) is 54.1 Å². The predicted molar refractivity (Wildman–Crippen MR) is 132 cm³/mol. The zero-order valence-corrected chi connectivity index (χ0v) is 20.3. The Balaban J connectivity index is 1.77. The Morgan fingerprint density at radius 3 is 2.47 bits per heavy atom. The average Bonchev–Trinajstić information content (AvgIpc) is 3.23. The predicted octanol–water partition coefficient (Wildman–Crippen LogP) is 2.89. The smallest absolute Gasteiger partial charge is 0.250 e. The molecule has 2 amide bonds. The van der Waals surface area contributed by atoms with Gasteiger partial charge in [-0.05, 0) is 55.0 Å². The molecule has 1 aliphatic rings. The number of sulfonamides is 1. The van der Waals surface area contributed by atoms with E-state index in [1.54, 1.807) is 17.3 Å². The number of amides is 2. The van der Waals surface area contributed by atoms with E-state index in [-0.39, 0.29) is 17.6 Å². The molecule has 9 heteroatoms. The van der Waals surface area contributed by atoms with E-state index in [0.29, 0.717) is 38.0 Å². The van der Waals surface area contributed by atoms with Crippen molar-refractivity contribution in [2.24, 2.45) is 5.73 Å². The van der Waals surface area contributed by atoms with Crippen molar-refractivity contribution >= 4 is 32.7 Å². The van der Waals surface area contributed by atoms with Gasteiger partial charge in [0.1, 0.15) is 0 Å². The maximum absolute atomic E-state index is 12.3. The van der Waals surface area contributed by atoms with Crippen LogP contribution in [0.5, 0.6) is 0 Å². The van der Waals surface area contributed by atoms with Gasteiger partial charge >= 0.3 is 0 Å². The monoisotopic (exact) mass is 482 g/mol. The SMILES string of the molecule is CCS(=O)(=O)N1CCC(c2cn(-c3cccc(CNC(C)=O)c3)c3c(C(N)=O)cccc23)CC1. The minimum Gasteiger partial charge on any atom is -0.366 e. The van der Waals surface area contributed by atoms with Crippen molar-refractivity contribution in [3.63, 3.8) is 0 Å². The van der Waals surface area contributed by atoms with E-state index in [0.717, 1.165) is 27.7 Å². The molecule has 0 saturated carbocycles. The van der Waals surface area contributed by atoms with Crippen LogP contribution in [0.3, 0.4) is 0 Å². The number of fused-ring (bicyclic) bond motifs is 1. The largest absolute Gasteiger partial charge is 0.366 e. The molecule has 1 aromatic heterocycles. The lowest BCUT2D eigenvalue weighted by Crippen LogP contribution is -2.38. The molecular formula is C25H30N4O4S. The molecule has 8 nitrogen and oxygen atoms in total. The number of benzene rings is 2. The fraction of sp³-hybridized carbons (Fsp3) is 0.360. The first-order valence-electron chi connectivity index (χ1n) is 11.5. The fourth-order valence-corrected chi connectivity index (χ4v) is 5.84. The molecule has 2 heterocycles. The molecule has 0 bridgehead atoms. The zero-order chi connectivity index (χ0) is 24.5. The highest BCUT2D eigenvalue weighted by Crippen LogP contribution is 2.37. The Morgan fingerprint density at radius 1 is 1.12 bits per heavy atom.